The molecule has 8 heavy (non-hydrogen) atoms. The summed E-state index contributed by atoms with van der Waals surface area (Å²) in [6.07, 6.45) is -4.90. The predicted molar refractivity (Wildman–Crippen MR) is 20.5 cm³/mol. The van der Waals surface area contributed by atoms with E-state index in [0.29, 0.717) is 0 Å². The molecule has 0 aliphatic carbocycles. The van der Waals surface area contributed by atoms with Gasteiger partial charge in [-0.1, -0.05) is 0 Å². The molecule has 0 aromatic carbocycles. The van der Waals surface area contributed by atoms with Gasteiger partial charge >= 0.3 is 6.30 Å². The van der Waals surface area contributed by atoms with Crippen LogP contribution in [0.25, 0.3) is 0 Å². The van der Waals surface area contributed by atoms with Gasteiger partial charge in [-0.3, -0.25) is 0 Å². The van der Waals surface area contributed by atoms with E-state index in [0.717, 1.165) is 0 Å². The lowest BCUT2D eigenvalue weighted by Crippen LogP contribution is -2.02. The molecule has 48 valence electrons. The van der Waals surface area contributed by atoms with Gasteiger partial charge in [-0.2, -0.15) is 4.39 Å². The van der Waals surface area contributed by atoms with E-state index in [1.165, 1.54) is 4.99 Å². The van der Waals surface area contributed by atoms with Crippen molar-refractivity contribution in [3.05, 3.63) is 0 Å². The highest BCUT2D eigenvalue weighted by atomic mass is 35.5. The largest absolute Gasteiger partial charge is 0.506 e. The lowest BCUT2D eigenvalue weighted by molar-refractivity contribution is -0.119. The molecule has 0 spiro atoms. The molecule has 1 nitrogen and oxygen atoms in total. The lowest BCUT2D eigenvalue weighted by atomic mass is 11.2. The third-order valence-corrected chi connectivity index (χ3v) is 0.296. The summed E-state index contributed by atoms with van der Waals surface area (Å²) >= 11 is 4.13. The van der Waals surface area contributed by atoms with Crippen LogP contribution in [-0.2, 0) is 0 Å². The van der Waals surface area contributed by atoms with Crippen molar-refractivity contribution < 1.29 is 17.6 Å². The zero-order valence-corrected chi connectivity index (χ0v) is 4.09. The Morgan fingerprint density at radius 2 is 1.75 bits per heavy atom. The van der Waals surface area contributed by atoms with E-state index in [-0.39, 0.29) is 0 Å². The Bertz CT molecular complexity index is 101. The second-order valence-corrected chi connectivity index (χ2v) is 1.13. The van der Waals surface area contributed by atoms with E-state index >= 15 is 0 Å². The van der Waals surface area contributed by atoms with Gasteiger partial charge in [0.2, 0.25) is 0 Å². The molecular formula is C2ClF4N. The summed E-state index contributed by atoms with van der Waals surface area (Å²) in [6.45, 7) is 0. The second kappa shape index (κ2) is 2.30. The molecule has 0 aliphatic rings. The number of aliphatic imine (C=N–C) groups is 1. The van der Waals surface area contributed by atoms with Crippen LogP contribution in [0.15, 0.2) is 4.99 Å². The fraction of sp³-hybridized carbons (Fsp3) is 0.500. The van der Waals surface area contributed by atoms with Crippen LogP contribution in [-0.4, -0.2) is 11.7 Å². The zero-order valence-electron chi connectivity index (χ0n) is 3.34. The van der Waals surface area contributed by atoms with Crippen LogP contribution >= 0.6 is 11.6 Å². The average Bonchev–Trinajstić information content (AvgIpc) is 1.21. The van der Waals surface area contributed by atoms with Crippen molar-refractivity contribution in [2.24, 2.45) is 4.99 Å². The summed E-state index contributed by atoms with van der Waals surface area (Å²) in [7, 11) is 0. The van der Waals surface area contributed by atoms with Crippen molar-refractivity contribution in [2.45, 2.75) is 6.30 Å². The summed E-state index contributed by atoms with van der Waals surface area (Å²) in [6, 6.07) is 0. The highest BCUT2D eigenvalue weighted by molar-refractivity contribution is 6.62. The van der Waals surface area contributed by atoms with E-state index in [4.69, 9.17) is 0 Å². The summed E-state index contributed by atoms with van der Waals surface area (Å²) < 4.78 is 43.4. The van der Waals surface area contributed by atoms with Crippen LogP contribution in [0, 0.1) is 0 Å². The van der Waals surface area contributed by atoms with Crippen molar-refractivity contribution in [2.75, 3.05) is 0 Å². The van der Waals surface area contributed by atoms with Crippen LogP contribution < -0.4 is 0 Å². The number of rotatable bonds is 0. The van der Waals surface area contributed by atoms with Gasteiger partial charge in [0.25, 0.3) is 5.42 Å². The molecule has 0 saturated heterocycles. The second-order valence-electron chi connectivity index (χ2n) is 0.820. The molecule has 0 N–H and O–H groups in total. The minimum Gasteiger partial charge on any atom is -0.171 e. The fourth-order valence-corrected chi connectivity index (χ4v) is 0.192. The molecule has 0 amide bonds. The standard InChI is InChI=1S/C2ClF4N/c3-1(4)8-2(5,6)7. The summed E-state index contributed by atoms with van der Waals surface area (Å²) in [4.78, 5) is 1.43. The SMILES string of the molecule is FC(Cl)=NC(F)(F)F. The first kappa shape index (κ1) is 7.68. The Kier molecular flexibility index (Phi) is 2.21. The Hall–Kier alpha value is -0.320. The quantitative estimate of drug-likeness (QED) is 0.284. The first-order valence-electron chi connectivity index (χ1n) is 1.39. The van der Waals surface area contributed by atoms with E-state index in [2.05, 4.69) is 11.6 Å². The summed E-state index contributed by atoms with van der Waals surface area (Å²) in [5.41, 5.74) is -2.00. The van der Waals surface area contributed by atoms with E-state index in [1.807, 2.05) is 0 Å². The number of nitrogens with zero attached hydrogens (tertiary/aromatic N) is 1. The molecule has 0 bridgehead atoms. The van der Waals surface area contributed by atoms with Crippen molar-refractivity contribution in [1.82, 2.24) is 0 Å². The molecule has 0 fully saturated rings. The minimum atomic E-state index is -4.90. The van der Waals surface area contributed by atoms with Crippen LogP contribution in [0.2, 0.25) is 0 Å². The smallest absolute Gasteiger partial charge is 0.171 e. The van der Waals surface area contributed by atoms with Crippen molar-refractivity contribution >= 4 is 17.0 Å². The number of halogens is 5. The van der Waals surface area contributed by atoms with Crippen molar-refractivity contribution in [3.8, 4) is 0 Å². The van der Waals surface area contributed by atoms with Crippen LogP contribution in [0.3, 0.4) is 0 Å². The molecule has 0 aromatic rings. The maximum absolute atomic E-state index is 11.0. The van der Waals surface area contributed by atoms with Gasteiger partial charge in [-0.05, 0) is 11.6 Å². The van der Waals surface area contributed by atoms with Crippen LogP contribution in [0.5, 0.6) is 0 Å². The molecule has 0 rings (SSSR count). The van der Waals surface area contributed by atoms with Gasteiger partial charge in [-0.15, -0.1) is 18.2 Å². The molecule has 6 heteroatoms. The minimum absolute atomic E-state index is 1.43. The first-order valence-corrected chi connectivity index (χ1v) is 1.77. The molecule has 0 heterocycles. The third kappa shape index (κ3) is 5.68. The Labute approximate surface area is 47.0 Å². The van der Waals surface area contributed by atoms with Gasteiger partial charge in [0.15, 0.2) is 0 Å². The Morgan fingerprint density at radius 1 is 1.38 bits per heavy atom. The highest BCUT2D eigenvalue weighted by Crippen LogP contribution is 2.16. The fourth-order valence-electron chi connectivity index (χ4n) is 0.0958. The highest BCUT2D eigenvalue weighted by Gasteiger charge is 2.26. The molecular weight excluding hydrogens is 149 g/mol. The maximum atomic E-state index is 11.0. The average molecular weight is 149 g/mol. The monoisotopic (exact) mass is 149 g/mol. The Balaban J connectivity index is 3.89. The van der Waals surface area contributed by atoms with Gasteiger partial charge in [-0.25, -0.2) is 0 Å². The predicted octanol–water partition coefficient (Wildman–Crippen LogP) is 2.07. The summed E-state index contributed by atoms with van der Waals surface area (Å²) in [5.74, 6) is 0. The number of alkyl halides is 3. The Morgan fingerprint density at radius 3 is 1.75 bits per heavy atom. The van der Waals surface area contributed by atoms with Gasteiger partial charge in [0, 0.05) is 0 Å². The third-order valence-electron chi connectivity index (χ3n) is 0.211. The summed E-state index contributed by atoms with van der Waals surface area (Å²) in [5, 5.41) is 0. The molecule has 0 saturated carbocycles. The van der Waals surface area contributed by atoms with Gasteiger partial charge in [0.05, 0.1) is 0 Å². The van der Waals surface area contributed by atoms with E-state index in [9.17, 15) is 17.6 Å². The van der Waals surface area contributed by atoms with Crippen LogP contribution in [0.1, 0.15) is 0 Å². The molecule has 0 atom stereocenters. The normalized spacial score (nSPS) is 14.4. The van der Waals surface area contributed by atoms with Crippen molar-refractivity contribution in [1.29, 1.82) is 0 Å². The first-order chi connectivity index (χ1) is 3.42. The lowest BCUT2D eigenvalue weighted by Gasteiger charge is -1.93. The van der Waals surface area contributed by atoms with Gasteiger partial charge < -0.3 is 0 Å². The molecule has 0 radical (unpaired) electrons. The molecule has 0 aliphatic heterocycles. The van der Waals surface area contributed by atoms with E-state index < -0.39 is 11.7 Å². The number of hydrogen-bond donors (Lipinski definition) is 0. The zero-order chi connectivity index (χ0) is 6.78. The van der Waals surface area contributed by atoms with Crippen molar-refractivity contribution in [3.63, 3.8) is 0 Å². The van der Waals surface area contributed by atoms with E-state index in [1.54, 1.807) is 0 Å². The number of hydrogen-bond acceptors (Lipinski definition) is 1. The molecule has 0 unspecified atom stereocenters. The molecule has 0 aromatic heterocycles. The maximum Gasteiger partial charge on any atom is 0.506 e. The van der Waals surface area contributed by atoms with Gasteiger partial charge in [0.1, 0.15) is 0 Å². The topological polar surface area (TPSA) is 12.4 Å². The van der Waals surface area contributed by atoms with Crippen LogP contribution in [0.4, 0.5) is 17.6 Å².